The van der Waals surface area contributed by atoms with Crippen LogP contribution in [0, 0.1) is 0 Å². The number of rotatable bonds is 7. The van der Waals surface area contributed by atoms with Crippen LogP contribution in [0.4, 0.5) is 5.82 Å². The summed E-state index contributed by atoms with van der Waals surface area (Å²) in [4.78, 5) is 12.6. The second-order valence-electron chi connectivity index (χ2n) is 6.14. The predicted molar refractivity (Wildman–Crippen MR) is 102 cm³/mol. The van der Waals surface area contributed by atoms with Gasteiger partial charge in [-0.2, -0.15) is 9.78 Å². The topological polar surface area (TPSA) is 156 Å². The molecule has 0 saturated carbocycles. The van der Waals surface area contributed by atoms with E-state index in [0.717, 1.165) is 0 Å². The van der Waals surface area contributed by atoms with E-state index in [1.165, 1.54) is 25.1 Å². The molecule has 1 amide bonds. The number of carbonyl (C=O) groups is 1. The van der Waals surface area contributed by atoms with E-state index in [4.69, 9.17) is 15.2 Å². The van der Waals surface area contributed by atoms with Crippen molar-refractivity contribution in [1.82, 2.24) is 30.7 Å². The second-order valence-corrected chi connectivity index (χ2v) is 6.14. The number of methoxy groups -OCH3 is 2. The quantitative estimate of drug-likeness (QED) is 0.438. The van der Waals surface area contributed by atoms with Gasteiger partial charge in [0.1, 0.15) is 0 Å². The molecule has 29 heavy (non-hydrogen) atoms. The highest BCUT2D eigenvalue weighted by Gasteiger charge is 2.25. The zero-order valence-electron chi connectivity index (χ0n) is 16.3. The van der Waals surface area contributed by atoms with Crippen LogP contribution < -0.4 is 20.6 Å². The number of hydrogen-bond donors (Lipinski definition) is 2. The van der Waals surface area contributed by atoms with Crippen LogP contribution in [0.2, 0.25) is 0 Å². The van der Waals surface area contributed by atoms with Crippen LogP contribution in [0.1, 0.15) is 41.5 Å². The van der Waals surface area contributed by atoms with Gasteiger partial charge in [0.25, 0.3) is 5.91 Å². The highest BCUT2D eigenvalue weighted by atomic mass is 16.6. The number of para-hydroxylation sites is 1. The number of hydrogen-bond acceptors (Lipinski definition) is 10. The average Bonchev–Trinajstić information content (AvgIpc) is 3.33. The van der Waals surface area contributed by atoms with Gasteiger partial charge in [0.2, 0.25) is 11.6 Å². The van der Waals surface area contributed by atoms with Gasteiger partial charge in [-0.1, -0.05) is 25.1 Å². The van der Waals surface area contributed by atoms with Crippen LogP contribution in [0.5, 0.6) is 11.5 Å². The summed E-state index contributed by atoms with van der Waals surface area (Å²) in [7, 11) is 3.06. The van der Waals surface area contributed by atoms with E-state index >= 15 is 0 Å². The molecule has 12 nitrogen and oxygen atoms in total. The van der Waals surface area contributed by atoms with Crippen LogP contribution in [0.15, 0.2) is 27.9 Å². The molecule has 2 heterocycles. The standard InChI is InChI=1S/C17H20N8O4/c1-9(2)13-12(20-24-25(13)16-15(18)22-29-23-16)17(26)21-19-8-10-6-5-7-11(27-3)14(10)28-4/h5-9H,1-4H3,(H2,18,22)(H,21,26)/b19-8+. The SMILES string of the molecule is COc1cccc(/C=N/NC(=O)c2nnn(-c3nonc3N)c2C(C)C)c1OC. The number of nitrogens with one attached hydrogen (secondary N) is 1. The molecule has 0 saturated heterocycles. The van der Waals surface area contributed by atoms with E-state index in [-0.39, 0.29) is 23.2 Å². The van der Waals surface area contributed by atoms with E-state index in [9.17, 15) is 4.79 Å². The normalized spacial score (nSPS) is 11.2. The summed E-state index contributed by atoms with van der Waals surface area (Å²) in [5.74, 6) is 0.566. The molecule has 3 rings (SSSR count). The van der Waals surface area contributed by atoms with Crippen molar-refractivity contribution in [3.63, 3.8) is 0 Å². The molecule has 0 unspecified atom stereocenters. The fraction of sp³-hybridized carbons (Fsp3) is 0.294. The number of nitrogens with two attached hydrogens (primary N) is 1. The van der Waals surface area contributed by atoms with Crippen LogP contribution in [0.3, 0.4) is 0 Å². The fourth-order valence-corrected chi connectivity index (χ4v) is 2.69. The molecule has 3 N–H and O–H groups in total. The lowest BCUT2D eigenvalue weighted by Crippen LogP contribution is -2.21. The summed E-state index contributed by atoms with van der Waals surface area (Å²) in [5.41, 5.74) is 9.34. The third-order valence-corrected chi connectivity index (χ3v) is 3.97. The van der Waals surface area contributed by atoms with E-state index in [0.29, 0.717) is 22.8 Å². The van der Waals surface area contributed by atoms with E-state index in [1.54, 1.807) is 18.2 Å². The molecule has 0 radical (unpaired) electrons. The molecule has 12 heteroatoms. The summed E-state index contributed by atoms with van der Waals surface area (Å²) in [5, 5.41) is 19.1. The number of anilines is 1. The van der Waals surface area contributed by atoms with Gasteiger partial charge in [-0.05, 0) is 28.4 Å². The minimum absolute atomic E-state index is 0.0342. The van der Waals surface area contributed by atoms with Gasteiger partial charge in [0, 0.05) is 5.56 Å². The molecule has 0 atom stereocenters. The molecule has 0 spiro atoms. The Bertz CT molecular complexity index is 1040. The Balaban J connectivity index is 1.85. The van der Waals surface area contributed by atoms with Gasteiger partial charge < -0.3 is 15.2 Å². The Kier molecular flexibility index (Phi) is 5.71. The maximum Gasteiger partial charge on any atom is 0.293 e. The molecule has 0 fully saturated rings. The monoisotopic (exact) mass is 400 g/mol. The van der Waals surface area contributed by atoms with Crippen molar-refractivity contribution >= 4 is 17.9 Å². The van der Waals surface area contributed by atoms with E-state index in [1.807, 2.05) is 13.8 Å². The first-order chi connectivity index (χ1) is 14.0. The summed E-state index contributed by atoms with van der Waals surface area (Å²) < 4.78 is 16.5. The molecule has 3 aromatic rings. The van der Waals surface area contributed by atoms with Gasteiger partial charge in [-0.15, -0.1) is 5.10 Å². The zero-order chi connectivity index (χ0) is 21.0. The highest BCUT2D eigenvalue weighted by Crippen LogP contribution is 2.29. The zero-order valence-corrected chi connectivity index (χ0v) is 16.3. The van der Waals surface area contributed by atoms with Crippen LogP contribution in [-0.4, -0.2) is 51.6 Å². The number of aromatic nitrogens is 5. The van der Waals surface area contributed by atoms with Gasteiger partial charge >= 0.3 is 0 Å². The first kappa shape index (κ1) is 19.8. The molecule has 0 aliphatic heterocycles. The van der Waals surface area contributed by atoms with Crippen molar-refractivity contribution in [2.75, 3.05) is 20.0 Å². The van der Waals surface area contributed by atoms with Gasteiger partial charge in [-0.3, -0.25) is 4.79 Å². The molecule has 2 aromatic heterocycles. The van der Waals surface area contributed by atoms with Crippen molar-refractivity contribution in [1.29, 1.82) is 0 Å². The minimum Gasteiger partial charge on any atom is -0.493 e. The smallest absolute Gasteiger partial charge is 0.293 e. The lowest BCUT2D eigenvalue weighted by Gasteiger charge is -2.09. The third kappa shape index (κ3) is 3.85. The first-order valence-corrected chi connectivity index (χ1v) is 8.56. The Labute approximate surface area is 165 Å². The van der Waals surface area contributed by atoms with Crippen LogP contribution in [0.25, 0.3) is 5.82 Å². The molecule has 0 bridgehead atoms. The molecule has 0 aliphatic rings. The summed E-state index contributed by atoms with van der Waals surface area (Å²) >= 11 is 0. The number of benzene rings is 1. The van der Waals surface area contributed by atoms with E-state index in [2.05, 4.69) is 35.8 Å². The molecule has 1 aromatic carbocycles. The fourth-order valence-electron chi connectivity index (χ4n) is 2.69. The number of carbonyl (C=O) groups excluding carboxylic acids is 1. The molecule has 152 valence electrons. The lowest BCUT2D eigenvalue weighted by atomic mass is 10.1. The van der Waals surface area contributed by atoms with Crippen LogP contribution >= 0.6 is 0 Å². The number of ether oxygens (including phenoxy) is 2. The number of hydrazone groups is 1. The maximum atomic E-state index is 12.6. The highest BCUT2D eigenvalue weighted by molar-refractivity contribution is 5.94. The summed E-state index contributed by atoms with van der Waals surface area (Å²) in [6.45, 7) is 3.75. The Morgan fingerprint density at radius 2 is 2.10 bits per heavy atom. The van der Waals surface area contributed by atoms with Gasteiger partial charge in [-0.25, -0.2) is 10.1 Å². The minimum atomic E-state index is -0.548. The molecule has 0 aliphatic carbocycles. The van der Waals surface area contributed by atoms with Crippen molar-refractivity contribution in [2.24, 2.45) is 5.10 Å². The van der Waals surface area contributed by atoms with Gasteiger partial charge in [0.15, 0.2) is 17.2 Å². The summed E-state index contributed by atoms with van der Waals surface area (Å²) in [6.07, 6.45) is 1.44. The Morgan fingerprint density at radius 3 is 2.72 bits per heavy atom. The van der Waals surface area contributed by atoms with Crippen molar-refractivity contribution < 1.29 is 18.9 Å². The number of nitrogen functional groups attached to an aromatic ring is 1. The van der Waals surface area contributed by atoms with Crippen LogP contribution in [-0.2, 0) is 0 Å². The summed E-state index contributed by atoms with van der Waals surface area (Å²) in [6, 6.07) is 5.31. The predicted octanol–water partition coefficient (Wildman–Crippen LogP) is 1.14. The van der Waals surface area contributed by atoms with E-state index < -0.39 is 5.91 Å². The number of nitrogens with zero attached hydrogens (tertiary/aromatic N) is 6. The van der Waals surface area contributed by atoms with Crippen molar-refractivity contribution in [3.05, 3.63) is 35.2 Å². The number of amides is 1. The average molecular weight is 400 g/mol. The first-order valence-electron chi connectivity index (χ1n) is 8.56. The largest absolute Gasteiger partial charge is 0.493 e. The Morgan fingerprint density at radius 1 is 1.31 bits per heavy atom. The molecular formula is C17H20N8O4. The maximum absolute atomic E-state index is 12.6. The Hall–Kier alpha value is -3.96. The molecular weight excluding hydrogens is 380 g/mol. The van der Waals surface area contributed by atoms with Crippen molar-refractivity contribution in [3.8, 4) is 17.3 Å². The lowest BCUT2D eigenvalue weighted by molar-refractivity contribution is 0.0948. The van der Waals surface area contributed by atoms with Gasteiger partial charge in [0.05, 0.1) is 26.1 Å². The third-order valence-electron chi connectivity index (χ3n) is 3.97. The second kappa shape index (κ2) is 8.37. The van der Waals surface area contributed by atoms with Crippen molar-refractivity contribution in [2.45, 2.75) is 19.8 Å².